The van der Waals surface area contributed by atoms with E-state index in [1.165, 1.54) is 12.1 Å². The van der Waals surface area contributed by atoms with E-state index in [4.69, 9.17) is 16.4 Å². The average molecular weight is 375 g/mol. The van der Waals surface area contributed by atoms with Gasteiger partial charge in [-0.1, -0.05) is 47.9 Å². The van der Waals surface area contributed by atoms with Crippen LogP contribution in [0.1, 0.15) is 35.7 Å². The summed E-state index contributed by atoms with van der Waals surface area (Å²) in [4.78, 5) is 19.8. The molecule has 0 N–H and O–H groups in total. The zero-order valence-corrected chi connectivity index (χ0v) is 15.2. The fourth-order valence-electron chi connectivity index (χ4n) is 2.94. The van der Waals surface area contributed by atoms with E-state index < -0.39 is 5.82 Å². The molecular weight excluding hydrogens is 355 g/mol. The normalized spacial score (nSPS) is 16.1. The zero-order chi connectivity index (χ0) is 18.5. The Balaban J connectivity index is 1.67. The van der Waals surface area contributed by atoms with Crippen molar-refractivity contribution in [1.82, 2.24) is 4.90 Å². The summed E-state index contributed by atoms with van der Waals surface area (Å²) >= 11 is 5.91. The first kappa shape index (κ1) is 18.4. The van der Waals surface area contributed by atoms with E-state index in [0.717, 1.165) is 17.7 Å². The molecule has 0 aromatic heterocycles. The van der Waals surface area contributed by atoms with Gasteiger partial charge in [0.25, 0.3) is 5.91 Å². The Morgan fingerprint density at radius 1 is 1.27 bits per heavy atom. The molecule has 0 fully saturated rings. The summed E-state index contributed by atoms with van der Waals surface area (Å²) in [6, 6.07) is 13.4. The standard InChI is InChI=1S/C20H20ClFN2O2/c1-2-11-24(20(25)17-5-3-4-6-18(17)22)13-16-12-19(23-26-16)14-7-9-15(21)10-8-14/h3-10,16H,2,11-13H2,1H3/t16-/m1/s1. The zero-order valence-electron chi connectivity index (χ0n) is 14.5. The van der Waals surface area contributed by atoms with Crippen LogP contribution in [0, 0.1) is 5.82 Å². The second-order valence-corrected chi connectivity index (χ2v) is 6.64. The highest BCUT2D eigenvalue weighted by molar-refractivity contribution is 6.30. The first-order valence-electron chi connectivity index (χ1n) is 8.61. The molecule has 1 amide bonds. The number of amides is 1. The molecule has 0 spiro atoms. The molecule has 1 atom stereocenters. The Bertz CT molecular complexity index is 808. The summed E-state index contributed by atoms with van der Waals surface area (Å²) in [6.45, 7) is 2.87. The fourth-order valence-corrected chi connectivity index (χ4v) is 3.06. The van der Waals surface area contributed by atoms with Crippen molar-refractivity contribution >= 4 is 23.2 Å². The van der Waals surface area contributed by atoms with E-state index in [-0.39, 0.29) is 17.6 Å². The Kier molecular flexibility index (Phi) is 5.89. The first-order valence-corrected chi connectivity index (χ1v) is 8.98. The van der Waals surface area contributed by atoms with E-state index >= 15 is 0 Å². The predicted octanol–water partition coefficient (Wildman–Crippen LogP) is 4.52. The molecule has 4 nitrogen and oxygen atoms in total. The number of nitrogens with zero attached hydrogens (tertiary/aromatic N) is 2. The summed E-state index contributed by atoms with van der Waals surface area (Å²) in [5, 5.41) is 4.80. The van der Waals surface area contributed by atoms with Crippen LogP contribution in [-0.4, -0.2) is 35.7 Å². The number of oxime groups is 1. The van der Waals surface area contributed by atoms with E-state index in [0.29, 0.717) is 24.5 Å². The Labute approximate surface area is 157 Å². The minimum atomic E-state index is -0.510. The van der Waals surface area contributed by atoms with Gasteiger partial charge in [0.15, 0.2) is 6.10 Å². The third-order valence-corrected chi connectivity index (χ3v) is 4.47. The van der Waals surface area contributed by atoms with Gasteiger partial charge in [-0.3, -0.25) is 4.79 Å². The number of benzene rings is 2. The summed E-state index contributed by atoms with van der Waals surface area (Å²) < 4.78 is 14.0. The Hall–Kier alpha value is -2.40. The number of carbonyl (C=O) groups is 1. The smallest absolute Gasteiger partial charge is 0.256 e. The van der Waals surface area contributed by atoms with Gasteiger partial charge in [-0.15, -0.1) is 0 Å². The molecule has 0 saturated carbocycles. The van der Waals surface area contributed by atoms with Crippen LogP contribution in [0.4, 0.5) is 4.39 Å². The third kappa shape index (κ3) is 4.22. The largest absolute Gasteiger partial charge is 0.390 e. The van der Waals surface area contributed by atoms with Crippen LogP contribution in [-0.2, 0) is 4.84 Å². The number of rotatable bonds is 6. The van der Waals surface area contributed by atoms with Crippen molar-refractivity contribution in [3.8, 4) is 0 Å². The van der Waals surface area contributed by atoms with Crippen molar-refractivity contribution < 1.29 is 14.0 Å². The lowest BCUT2D eigenvalue weighted by molar-refractivity contribution is 0.0421. The maximum absolute atomic E-state index is 14.0. The molecule has 6 heteroatoms. The van der Waals surface area contributed by atoms with E-state index in [1.54, 1.807) is 29.2 Å². The summed E-state index contributed by atoms with van der Waals surface area (Å²) in [6.07, 6.45) is 1.12. The number of carbonyl (C=O) groups excluding carboxylic acids is 1. The average Bonchev–Trinajstić information content (AvgIpc) is 3.10. The Morgan fingerprint density at radius 2 is 2.00 bits per heavy atom. The van der Waals surface area contributed by atoms with Crippen LogP contribution in [0.2, 0.25) is 5.02 Å². The van der Waals surface area contributed by atoms with Crippen molar-refractivity contribution in [1.29, 1.82) is 0 Å². The molecule has 2 aromatic rings. The van der Waals surface area contributed by atoms with Crippen molar-refractivity contribution in [2.24, 2.45) is 5.16 Å². The fraction of sp³-hybridized carbons (Fsp3) is 0.300. The monoisotopic (exact) mass is 374 g/mol. The molecule has 1 aliphatic heterocycles. The lowest BCUT2D eigenvalue weighted by Crippen LogP contribution is -2.38. The SMILES string of the molecule is CCCN(C[C@H]1CC(c2ccc(Cl)cc2)=NO1)C(=O)c1ccccc1F. The molecular formula is C20H20ClFN2O2. The highest BCUT2D eigenvalue weighted by Gasteiger charge is 2.27. The Morgan fingerprint density at radius 3 is 2.69 bits per heavy atom. The molecule has 3 rings (SSSR count). The van der Waals surface area contributed by atoms with Gasteiger partial charge in [0.1, 0.15) is 5.82 Å². The maximum Gasteiger partial charge on any atom is 0.256 e. The second kappa shape index (κ2) is 8.32. The molecule has 0 aliphatic carbocycles. The maximum atomic E-state index is 14.0. The van der Waals surface area contributed by atoms with Gasteiger partial charge in [0, 0.05) is 18.0 Å². The van der Waals surface area contributed by atoms with Gasteiger partial charge < -0.3 is 9.74 Å². The van der Waals surface area contributed by atoms with Crippen molar-refractivity contribution in [2.75, 3.05) is 13.1 Å². The highest BCUT2D eigenvalue weighted by atomic mass is 35.5. The van der Waals surface area contributed by atoms with Crippen LogP contribution in [0.5, 0.6) is 0 Å². The predicted molar refractivity (Wildman–Crippen MR) is 100 cm³/mol. The molecule has 1 heterocycles. The minimum absolute atomic E-state index is 0.0813. The van der Waals surface area contributed by atoms with Crippen LogP contribution < -0.4 is 0 Å². The molecule has 0 unspecified atom stereocenters. The van der Waals surface area contributed by atoms with Crippen molar-refractivity contribution in [3.63, 3.8) is 0 Å². The van der Waals surface area contributed by atoms with Gasteiger partial charge in [-0.05, 0) is 36.2 Å². The molecule has 26 heavy (non-hydrogen) atoms. The molecule has 0 radical (unpaired) electrons. The van der Waals surface area contributed by atoms with E-state index in [2.05, 4.69) is 5.16 Å². The van der Waals surface area contributed by atoms with Crippen molar-refractivity contribution in [2.45, 2.75) is 25.9 Å². The number of hydrogen-bond donors (Lipinski definition) is 0. The molecule has 0 bridgehead atoms. The summed E-state index contributed by atoms with van der Waals surface area (Å²) in [5.74, 6) is -0.836. The van der Waals surface area contributed by atoms with Crippen molar-refractivity contribution in [3.05, 3.63) is 70.5 Å². The van der Waals surface area contributed by atoms with Gasteiger partial charge in [0.2, 0.25) is 0 Å². The van der Waals surface area contributed by atoms with Gasteiger partial charge >= 0.3 is 0 Å². The first-order chi connectivity index (χ1) is 12.6. The molecule has 0 saturated heterocycles. The van der Waals surface area contributed by atoms with Crippen LogP contribution in [0.3, 0.4) is 0 Å². The van der Waals surface area contributed by atoms with Crippen LogP contribution in [0.25, 0.3) is 0 Å². The highest BCUT2D eigenvalue weighted by Crippen LogP contribution is 2.20. The number of hydrogen-bond acceptors (Lipinski definition) is 3. The van der Waals surface area contributed by atoms with Crippen LogP contribution >= 0.6 is 11.6 Å². The van der Waals surface area contributed by atoms with Crippen LogP contribution in [0.15, 0.2) is 53.7 Å². The van der Waals surface area contributed by atoms with E-state index in [9.17, 15) is 9.18 Å². The lowest BCUT2D eigenvalue weighted by atomic mass is 10.0. The molecule has 1 aliphatic rings. The molecule has 136 valence electrons. The number of halogens is 2. The summed E-state index contributed by atoms with van der Waals surface area (Å²) in [7, 11) is 0. The third-order valence-electron chi connectivity index (χ3n) is 4.22. The molecule has 2 aromatic carbocycles. The van der Waals surface area contributed by atoms with Gasteiger partial charge in [-0.2, -0.15) is 0 Å². The second-order valence-electron chi connectivity index (χ2n) is 6.21. The minimum Gasteiger partial charge on any atom is -0.390 e. The van der Waals surface area contributed by atoms with E-state index in [1.807, 2.05) is 19.1 Å². The van der Waals surface area contributed by atoms with Gasteiger partial charge in [-0.25, -0.2) is 4.39 Å². The summed E-state index contributed by atoms with van der Waals surface area (Å²) in [5.41, 5.74) is 1.85. The van der Waals surface area contributed by atoms with Gasteiger partial charge in [0.05, 0.1) is 17.8 Å². The quantitative estimate of drug-likeness (QED) is 0.745. The lowest BCUT2D eigenvalue weighted by Gasteiger charge is -2.24. The topological polar surface area (TPSA) is 41.9 Å².